The Bertz CT molecular complexity index is 1370. The zero-order chi connectivity index (χ0) is 24.8. The predicted octanol–water partition coefficient (Wildman–Crippen LogP) is 4.50. The molecule has 0 aliphatic rings. The van der Waals surface area contributed by atoms with E-state index in [-0.39, 0.29) is 28.5 Å². The number of esters is 1. The largest absolute Gasteiger partial charge is 0.493 e. The average Bonchev–Trinajstić information content (AvgIpc) is 3.42. The fourth-order valence-electron chi connectivity index (χ4n) is 3.50. The van der Waals surface area contributed by atoms with Crippen molar-refractivity contribution in [3.05, 3.63) is 84.3 Å². The third-order valence-electron chi connectivity index (χ3n) is 5.11. The molecule has 1 heterocycles. The molecule has 0 radical (unpaired) electrons. The summed E-state index contributed by atoms with van der Waals surface area (Å²) in [5.74, 6) is -1.36. The molecule has 9 heteroatoms. The summed E-state index contributed by atoms with van der Waals surface area (Å²) >= 11 is 0. The topological polar surface area (TPSA) is 116 Å². The summed E-state index contributed by atoms with van der Waals surface area (Å²) in [5, 5.41) is 7.22. The molecule has 4 rings (SSSR count). The van der Waals surface area contributed by atoms with Crippen LogP contribution in [0.2, 0.25) is 0 Å². The number of methoxy groups -OCH3 is 2. The molecule has 3 aromatic carbocycles. The van der Waals surface area contributed by atoms with Crippen molar-refractivity contribution in [2.24, 2.45) is 0 Å². The van der Waals surface area contributed by atoms with Gasteiger partial charge < -0.3 is 29.3 Å². The smallest absolute Gasteiger partial charge is 0.338 e. The Morgan fingerprint density at radius 3 is 2.40 bits per heavy atom. The first-order valence-electron chi connectivity index (χ1n) is 10.6. The molecule has 0 unspecified atom stereocenters. The van der Waals surface area contributed by atoms with Gasteiger partial charge in [-0.1, -0.05) is 36.4 Å². The van der Waals surface area contributed by atoms with Gasteiger partial charge in [-0.3, -0.25) is 9.59 Å². The van der Waals surface area contributed by atoms with Gasteiger partial charge in [0.25, 0.3) is 11.8 Å². The molecular formula is C26H22N2O7. The summed E-state index contributed by atoms with van der Waals surface area (Å²) in [4.78, 5) is 37.6. The van der Waals surface area contributed by atoms with Gasteiger partial charge in [-0.2, -0.15) is 0 Å². The molecule has 4 aromatic rings. The first kappa shape index (κ1) is 23.4. The van der Waals surface area contributed by atoms with Gasteiger partial charge in [-0.05, 0) is 35.7 Å². The van der Waals surface area contributed by atoms with Gasteiger partial charge in [0.05, 0.1) is 31.7 Å². The van der Waals surface area contributed by atoms with Crippen LogP contribution in [-0.4, -0.2) is 38.6 Å². The number of benzene rings is 3. The standard InChI is InChI=1S/C26H22N2O7/c1-32-22-14-17(13-20(24(22)33-2)28-25(30)21-11-6-12-34-21)26(31)35-15-23(29)27-19-10-5-8-16-7-3-4-9-18(16)19/h3-14H,15H2,1-2H3,(H,27,29)(H,28,30). The van der Waals surface area contributed by atoms with Crippen LogP contribution in [-0.2, 0) is 9.53 Å². The van der Waals surface area contributed by atoms with Gasteiger partial charge in [0.2, 0.25) is 0 Å². The van der Waals surface area contributed by atoms with Crippen LogP contribution in [0, 0.1) is 0 Å². The van der Waals surface area contributed by atoms with Gasteiger partial charge in [0, 0.05) is 11.1 Å². The van der Waals surface area contributed by atoms with E-state index in [4.69, 9.17) is 18.6 Å². The Hall–Kier alpha value is -4.79. The molecule has 1 aromatic heterocycles. The molecule has 0 spiro atoms. The van der Waals surface area contributed by atoms with Crippen molar-refractivity contribution in [3.63, 3.8) is 0 Å². The zero-order valence-corrected chi connectivity index (χ0v) is 19.0. The van der Waals surface area contributed by atoms with E-state index in [2.05, 4.69) is 10.6 Å². The fraction of sp³-hybridized carbons (Fsp3) is 0.115. The highest BCUT2D eigenvalue weighted by Gasteiger charge is 2.21. The van der Waals surface area contributed by atoms with Crippen LogP contribution in [0.3, 0.4) is 0 Å². The van der Waals surface area contributed by atoms with Crippen LogP contribution < -0.4 is 20.1 Å². The summed E-state index contributed by atoms with van der Waals surface area (Å²) < 4.78 is 20.9. The molecule has 0 saturated carbocycles. The van der Waals surface area contributed by atoms with E-state index in [1.807, 2.05) is 36.4 Å². The quantitative estimate of drug-likeness (QED) is 0.361. The van der Waals surface area contributed by atoms with Crippen molar-refractivity contribution >= 4 is 39.9 Å². The van der Waals surface area contributed by atoms with Crippen LogP contribution >= 0.6 is 0 Å². The Morgan fingerprint density at radius 2 is 1.66 bits per heavy atom. The van der Waals surface area contributed by atoms with Gasteiger partial charge >= 0.3 is 5.97 Å². The Labute approximate surface area is 200 Å². The van der Waals surface area contributed by atoms with E-state index in [0.29, 0.717) is 5.69 Å². The lowest BCUT2D eigenvalue weighted by Crippen LogP contribution is -2.21. The van der Waals surface area contributed by atoms with Crippen molar-refractivity contribution in [2.75, 3.05) is 31.5 Å². The SMILES string of the molecule is COc1cc(C(=O)OCC(=O)Nc2cccc3ccccc23)cc(NC(=O)c2ccco2)c1OC. The summed E-state index contributed by atoms with van der Waals surface area (Å²) in [6, 6.07) is 19.0. The Morgan fingerprint density at radius 1 is 0.857 bits per heavy atom. The monoisotopic (exact) mass is 474 g/mol. The van der Waals surface area contributed by atoms with Gasteiger partial charge in [0.1, 0.15) is 0 Å². The first-order valence-corrected chi connectivity index (χ1v) is 10.6. The number of nitrogens with one attached hydrogen (secondary N) is 2. The van der Waals surface area contributed by atoms with E-state index in [9.17, 15) is 14.4 Å². The second-order valence-corrected chi connectivity index (χ2v) is 7.34. The Kier molecular flexibility index (Phi) is 6.96. The van der Waals surface area contributed by atoms with Crippen LogP contribution in [0.4, 0.5) is 11.4 Å². The van der Waals surface area contributed by atoms with E-state index in [0.717, 1.165) is 10.8 Å². The summed E-state index contributed by atoms with van der Waals surface area (Å²) in [7, 11) is 2.79. The molecule has 2 amide bonds. The molecule has 35 heavy (non-hydrogen) atoms. The number of hydrogen-bond donors (Lipinski definition) is 2. The minimum atomic E-state index is -0.785. The van der Waals surface area contributed by atoms with Crippen LogP contribution in [0.1, 0.15) is 20.9 Å². The summed E-state index contributed by atoms with van der Waals surface area (Å²) in [5.41, 5.74) is 0.828. The van der Waals surface area contributed by atoms with Gasteiger partial charge in [-0.15, -0.1) is 0 Å². The number of fused-ring (bicyclic) bond motifs is 1. The predicted molar refractivity (Wildman–Crippen MR) is 129 cm³/mol. The van der Waals surface area contributed by atoms with E-state index in [1.54, 1.807) is 12.1 Å². The summed E-state index contributed by atoms with van der Waals surface area (Å²) in [6.07, 6.45) is 1.36. The fourth-order valence-corrected chi connectivity index (χ4v) is 3.50. The number of ether oxygens (including phenoxy) is 3. The number of hydrogen-bond acceptors (Lipinski definition) is 7. The van der Waals surface area contributed by atoms with E-state index in [1.165, 1.54) is 38.7 Å². The lowest BCUT2D eigenvalue weighted by atomic mass is 10.1. The molecule has 9 nitrogen and oxygen atoms in total. The maximum atomic E-state index is 12.7. The van der Waals surface area contributed by atoms with Crippen LogP contribution in [0.25, 0.3) is 10.8 Å². The molecule has 178 valence electrons. The highest BCUT2D eigenvalue weighted by Crippen LogP contribution is 2.37. The lowest BCUT2D eigenvalue weighted by molar-refractivity contribution is -0.119. The number of carbonyl (C=O) groups is 3. The number of anilines is 2. The Balaban J connectivity index is 1.48. The highest BCUT2D eigenvalue weighted by molar-refractivity contribution is 6.05. The molecule has 0 atom stereocenters. The lowest BCUT2D eigenvalue weighted by Gasteiger charge is -2.15. The average molecular weight is 474 g/mol. The molecule has 0 bridgehead atoms. The normalized spacial score (nSPS) is 10.5. The third-order valence-corrected chi connectivity index (χ3v) is 5.11. The van der Waals surface area contributed by atoms with Gasteiger partial charge in [-0.25, -0.2) is 4.79 Å². The van der Waals surface area contributed by atoms with Crippen LogP contribution in [0.15, 0.2) is 77.4 Å². The minimum absolute atomic E-state index is 0.0513. The molecular weight excluding hydrogens is 452 g/mol. The van der Waals surface area contributed by atoms with Gasteiger partial charge in [0.15, 0.2) is 23.9 Å². The van der Waals surface area contributed by atoms with E-state index >= 15 is 0 Å². The van der Waals surface area contributed by atoms with Crippen LogP contribution in [0.5, 0.6) is 11.5 Å². The maximum Gasteiger partial charge on any atom is 0.338 e. The molecule has 0 fully saturated rings. The number of furan rings is 1. The van der Waals surface area contributed by atoms with E-state index < -0.39 is 24.4 Å². The van der Waals surface area contributed by atoms with Crippen molar-refractivity contribution in [1.29, 1.82) is 0 Å². The minimum Gasteiger partial charge on any atom is -0.493 e. The number of carbonyl (C=O) groups excluding carboxylic acids is 3. The van der Waals surface area contributed by atoms with Crippen molar-refractivity contribution in [3.8, 4) is 11.5 Å². The molecule has 0 saturated heterocycles. The third kappa shape index (κ3) is 5.25. The zero-order valence-electron chi connectivity index (χ0n) is 19.0. The summed E-state index contributed by atoms with van der Waals surface area (Å²) in [6.45, 7) is -0.509. The number of rotatable bonds is 8. The van der Waals surface area contributed by atoms with Crippen molar-refractivity contribution in [2.45, 2.75) is 0 Å². The number of amides is 2. The first-order chi connectivity index (χ1) is 17.0. The van der Waals surface area contributed by atoms with Crippen molar-refractivity contribution < 1.29 is 33.0 Å². The van der Waals surface area contributed by atoms with Crippen molar-refractivity contribution in [1.82, 2.24) is 0 Å². The molecule has 0 aliphatic carbocycles. The second kappa shape index (κ2) is 10.4. The molecule has 0 aliphatic heterocycles. The second-order valence-electron chi connectivity index (χ2n) is 7.34. The maximum absolute atomic E-state index is 12.7. The molecule has 2 N–H and O–H groups in total. The highest BCUT2D eigenvalue weighted by atomic mass is 16.5.